The maximum atomic E-state index is 11.8. The molecule has 0 aliphatic carbocycles. The molecule has 4 N–H and O–H groups in total. The van der Waals surface area contributed by atoms with Crippen molar-refractivity contribution in [2.75, 3.05) is 11.2 Å². The van der Waals surface area contributed by atoms with E-state index in [1.165, 1.54) is 6.07 Å². The number of hydrogen-bond donors (Lipinski definition) is 3. The first-order valence-corrected chi connectivity index (χ1v) is 8.52. The van der Waals surface area contributed by atoms with Crippen LogP contribution in [0.2, 0.25) is 0 Å². The second-order valence-corrected chi connectivity index (χ2v) is 6.21. The van der Waals surface area contributed by atoms with E-state index in [1.807, 2.05) is 49.4 Å². The van der Waals surface area contributed by atoms with Crippen LogP contribution >= 0.6 is 0 Å². The number of rotatable bonds is 5. The second-order valence-electron chi connectivity index (χ2n) is 6.21. The van der Waals surface area contributed by atoms with E-state index in [-0.39, 0.29) is 11.4 Å². The van der Waals surface area contributed by atoms with Gasteiger partial charge in [-0.2, -0.15) is 10.4 Å². The Labute approximate surface area is 162 Å². The SMILES string of the molecule is Cc1ccc(-c2cc(/C(=N/Nc3ccccc3)C(=O)O)cc(N)c2C#N)cc1. The summed E-state index contributed by atoms with van der Waals surface area (Å²) in [5, 5.41) is 23.2. The van der Waals surface area contributed by atoms with Gasteiger partial charge in [-0.15, -0.1) is 0 Å². The molecule has 28 heavy (non-hydrogen) atoms. The van der Waals surface area contributed by atoms with Gasteiger partial charge in [-0.1, -0.05) is 48.0 Å². The van der Waals surface area contributed by atoms with Crippen molar-refractivity contribution >= 4 is 23.1 Å². The summed E-state index contributed by atoms with van der Waals surface area (Å²) in [7, 11) is 0. The lowest BCUT2D eigenvalue weighted by atomic mass is 9.94. The van der Waals surface area contributed by atoms with Crippen molar-refractivity contribution in [1.29, 1.82) is 5.26 Å². The molecule has 0 amide bonds. The van der Waals surface area contributed by atoms with E-state index in [9.17, 15) is 15.2 Å². The normalized spacial score (nSPS) is 10.9. The van der Waals surface area contributed by atoms with E-state index in [1.54, 1.807) is 18.2 Å². The van der Waals surface area contributed by atoms with Gasteiger partial charge in [0, 0.05) is 11.1 Å². The summed E-state index contributed by atoms with van der Waals surface area (Å²) in [6.07, 6.45) is 0. The molecule has 6 nitrogen and oxygen atoms in total. The van der Waals surface area contributed by atoms with Crippen molar-refractivity contribution in [3.63, 3.8) is 0 Å². The topological polar surface area (TPSA) is 112 Å². The van der Waals surface area contributed by atoms with Crippen molar-refractivity contribution < 1.29 is 9.90 Å². The third kappa shape index (κ3) is 4.00. The van der Waals surface area contributed by atoms with Crippen molar-refractivity contribution in [2.24, 2.45) is 5.10 Å². The highest BCUT2D eigenvalue weighted by atomic mass is 16.4. The Morgan fingerprint density at radius 3 is 2.39 bits per heavy atom. The fourth-order valence-electron chi connectivity index (χ4n) is 2.76. The van der Waals surface area contributed by atoms with E-state index >= 15 is 0 Å². The number of carboxylic acids is 1. The number of nitrogen functional groups attached to an aromatic ring is 1. The van der Waals surface area contributed by atoms with Gasteiger partial charge in [0.15, 0.2) is 5.71 Å². The number of nitrogens with one attached hydrogen (secondary N) is 1. The summed E-state index contributed by atoms with van der Waals surface area (Å²) in [6, 6.07) is 21.8. The zero-order valence-corrected chi connectivity index (χ0v) is 15.2. The molecule has 0 spiro atoms. The molecule has 138 valence electrons. The van der Waals surface area contributed by atoms with Crippen molar-refractivity contribution in [2.45, 2.75) is 6.92 Å². The zero-order valence-electron chi connectivity index (χ0n) is 15.2. The molecule has 0 unspecified atom stereocenters. The van der Waals surface area contributed by atoms with Gasteiger partial charge in [-0.05, 0) is 36.8 Å². The molecule has 0 aliphatic rings. The van der Waals surface area contributed by atoms with Crippen molar-refractivity contribution in [1.82, 2.24) is 0 Å². The molecule has 3 aromatic carbocycles. The molecular weight excluding hydrogens is 352 g/mol. The third-order valence-electron chi connectivity index (χ3n) is 4.19. The van der Waals surface area contributed by atoms with E-state index in [4.69, 9.17) is 5.73 Å². The second kappa shape index (κ2) is 8.06. The highest BCUT2D eigenvalue weighted by molar-refractivity contribution is 6.43. The molecule has 3 rings (SSSR count). The number of anilines is 2. The molecule has 6 heteroatoms. The Balaban J connectivity index is 2.10. The lowest BCUT2D eigenvalue weighted by Crippen LogP contribution is -2.17. The average molecular weight is 370 g/mol. The quantitative estimate of drug-likeness (QED) is 0.357. The minimum atomic E-state index is -1.21. The van der Waals surface area contributed by atoms with Crippen LogP contribution in [0, 0.1) is 18.3 Å². The number of carboxylic acid groups (broad SMARTS) is 1. The van der Waals surface area contributed by atoms with E-state index in [0.29, 0.717) is 22.4 Å². The first-order valence-electron chi connectivity index (χ1n) is 8.52. The number of nitrogens with zero attached hydrogens (tertiary/aromatic N) is 2. The van der Waals surface area contributed by atoms with Crippen LogP contribution in [0.5, 0.6) is 0 Å². The van der Waals surface area contributed by atoms with Gasteiger partial charge in [0.2, 0.25) is 0 Å². The van der Waals surface area contributed by atoms with Gasteiger partial charge in [0.1, 0.15) is 6.07 Å². The summed E-state index contributed by atoms with van der Waals surface area (Å²) in [4.78, 5) is 11.8. The first kappa shape index (κ1) is 18.7. The standard InChI is InChI=1S/C22H18N4O2/c1-14-7-9-15(10-8-14)18-11-16(12-20(24)19(18)13-23)21(22(27)28)26-25-17-5-3-2-4-6-17/h2-12,25H,24H2,1H3,(H,27,28)/b26-21-. The Morgan fingerprint density at radius 2 is 1.79 bits per heavy atom. The number of benzene rings is 3. The number of aryl methyl sites for hydroxylation is 1. The van der Waals surface area contributed by atoms with Gasteiger partial charge in [-0.25, -0.2) is 4.79 Å². The van der Waals surface area contributed by atoms with E-state index < -0.39 is 5.97 Å². The van der Waals surface area contributed by atoms with Gasteiger partial charge in [0.05, 0.1) is 16.9 Å². The van der Waals surface area contributed by atoms with E-state index in [0.717, 1.165) is 11.1 Å². The van der Waals surface area contributed by atoms with Gasteiger partial charge < -0.3 is 10.8 Å². The Bertz CT molecular complexity index is 1080. The van der Waals surface area contributed by atoms with Crippen LogP contribution in [0.1, 0.15) is 16.7 Å². The summed E-state index contributed by atoms with van der Waals surface area (Å²) in [5.74, 6) is -1.21. The molecule has 0 saturated heterocycles. The monoisotopic (exact) mass is 370 g/mol. The fourth-order valence-corrected chi connectivity index (χ4v) is 2.76. The predicted molar refractivity (Wildman–Crippen MR) is 110 cm³/mol. The molecule has 0 atom stereocenters. The summed E-state index contributed by atoms with van der Waals surface area (Å²) >= 11 is 0. The summed E-state index contributed by atoms with van der Waals surface area (Å²) < 4.78 is 0. The first-order chi connectivity index (χ1) is 13.5. The smallest absolute Gasteiger partial charge is 0.356 e. The zero-order chi connectivity index (χ0) is 20.1. The molecule has 0 radical (unpaired) electrons. The van der Waals surface area contributed by atoms with Crippen LogP contribution in [0.4, 0.5) is 11.4 Å². The largest absolute Gasteiger partial charge is 0.476 e. The van der Waals surface area contributed by atoms with Crippen molar-refractivity contribution in [3.8, 4) is 17.2 Å². The number of carbonyl (C=O) groups is 1. The van der Waals surface area contributed by atoms with E-state index in [2.05, 4.69) is 16.6 Å². The van der Waals surface area contributed by atoms with Crippen LogP contribution in [-0.4, -0.2) is 16.8 Å². The lowest BCUT2D eigenvalue weighted by Gasteiger charge is -2.11. The van der Waals surface area contributed by atoms with Crippen LogP contribution in [0.3, 0.4) is 0 Å². The molecule has 3 aromatic rings. The Morgan fingerprint density at radius 1 is 1.11 bits per heavy atom. The predicted octanol–water partition coefficient (Wildman–Crippen LogP) is 4.02. The summed E-state index contributed by atoms with van der Waals surface area (Å²) in [6.45, 7) is 1.96. The number of nitriles is 1. The van der Waals surface area contributed by atoms with Crippen LogP contribution < -0.4 is 11.2 Å². The molecule has 0 heterocycles. The minimum Gasteiger partial charge on any atom is -0.476 e. The third-order valence-corrected chi connectivity index (χ3v) is 4.19. The number of hydrogen-bond acceptors (Lipinski definition) is 5. The Hall–Kier alpha value is -4.11. The van der Waals surface area contributed by atoms with Crippen molar-refractivity contribution in [3.05, 3.63) is 83.4 Å². The van der Waals surface area contributed by atoms with Crippen LogP contribution in [-0.2, 0) is 4.79 Å². The van der Waals surface area contributed by atoms with Gasteiger partial charge >= 0.3 is 5.97 Å². The molecule has 0 aromatic heterocycles. The molecular formula is C22H18N4O2. The molecule has 0 aliphatic heterocycles. The number of aliphatic carboxylic acids is 1. The summed E-state index contributed by atoms with van der Waals surface area (Å²) in [5.41, 5.74) is 12.5. The Kier molecular flexibility index (Phi) is 5.38. The fraction of sp³-hybridized carbons (Fsp3) is 0.0455. The molecule has 0 bridgehead atoms. The highest BCUT2D eigenvalue weighted by Gasteiger charge is 2.18. The molecule has 0 saturated carbocycles. The molecule has 0 fully saturated rings. The number of nitrogens with two attached hydrogens (primary N) is 1. The maximum absolute atomic E-state index is 11.8. The van der Waals surface area contributed by atoms with Crippen LogP contribution in [0.25, 0.3) is 11.1 Å². The van der Waals surface area contributed by atoms with Gasteiger partial charge in [0.25, 0.3) is 0 Å². The number of hydrazone groups is 1. The van der Waals surface area contributed by atoms with Gasteiger partial charge in [-0.3, -0.25) is 5.43 Å². The maximum Gasteiger partial charge on any atom is 0.356 e. The number of para-hydroxylation sites is 1. The van der Waals surface area contributed by atoms with Crippen LogP contribution in [0.15, 0.2) is 71.8 Å². The highest BCUT2D eigenvalue weighted by Crippen LogP contribution is 2.30. The minimum absolute atomic E-state index is 0.198. The lowest BCUT2D eigenvalue weighted by molar-refractivity contribution is -0.129. The average Bonchev–Trinajstić information content (AvgIpc) is 2.69.